The molecule has 2 aromatic rings. The molecule has 1 aromatic heterocycles. The Hall–Kier alpha value is -2.38. The molecule has 0 atom stereocenters. The van der Waals surface area contributed by atoms with Crippen molar-refractivity contribution in [3.63, 3.8) is 0 Å². The summed E-state index contributed by atoms with van der Waals surface area (Å²) in [5.74, 6) is -0.280. The molecule has 1 aromatic carbocycles. The standard InChI is InChI=1S/C20H26N2O4S/c1-4-26-20(25)18-15(8-13(2)3)12-27-19(18)22-17(24)10-21-16-7-5-6-14(9-16)11-23/h5-7,9,12-13,21,23H,4,8,10-11H2,1-3H3,(H,22,24). The van der Waals surface area contributed by atoms with E-state index in [9.17, 15) is 14.7 Å². The molecule has 0 aliphatic heterocycles. The number of benzene rings is 1. The zero-order valence-electron chi connectivity index (χ0n) is 15.9. The van der Waals surface area contributed by atoms with Crippen LogP contribution in [0.25, 0.3) is 0 Å². The van der Waals surface area contributed by atoms with E-state index in [1.807, 2.05) is 17.5 Å². The maximum atomic E-state index is 12.4. The van der Waals surface area contributed by atoms with Gasteiger partial charge in [-0.3, -0.25) is 4.79 Å². The third-order valence-corrected chi connectivity index (χ3v) is 4.73. The van der Waals surface area contributed by atoms with E-state index in [-0.39, 0.29) is 25.7 Å². The summed E-state index contributed by atoms with van der Waals surface area (Å²) in [6.07, 6.45) is 0.743. The van der Waals surface area contributed by atoms with Crippen LogP contribution in [0.3, 0.4) is 0 Å². The number of rotatable bonds is 9. The third kappa shape index (κ3) is 6.08. The first-order valence-electron chi connectivity index (χ1n) is 8.95. The largest absolute Gasteiger partial charge is 0.462 e. The number of nitrogens with one attached hydrogen (secondary N) is 2. The van der Waals surface area contributed by atoms with E-state index in [1.54, 1.807) is 19.1 Å². The minimum atomic E-state index is -0.409. The van der Waals surface area contributed by atoms with E-state index < -0.39 is 5.97 Å². The number of carbonyl (C=O) groups is 2. The fourth-order valence-corrected chi connectivity index (χ4v) is 3.61. The highest BCUT2D eigenvalue weighted by Crippen LogP contribution is 2.31. The summed E-state index contributed by atoms with van der Waals surface area (Å²) in [5.41, 5.74) is 2.86. The number of hydrogen-bond acceptors (Lipinski definition) is 6. The number of anilines is 2. The van der Waals surface area contributed by atoms with E-state index in [1.165, 1.54) is 11.3 Å². The normalized spacial score (nSPS) is 10.7. The molecule has 0 aliphatic rings. The molecule has 0 spiro atoms. The van der Waals surface area contributed by atoms with Crippen LogP contribution in [0.4, 0.5) is 10.7 Å². The maximum Gasteiger partial charge on any atom is 0.341 e. The molecule has 2 rings (SSSR count). The van der Waals surface area contributed by atoms with Gasteiger partial charge in [0, 0.05) is 5.69 Å². The maximum absolute atomic E-state index is 12.4. The van der Waals surface area contributed by atoms with Gasteiger partial charge in [-0.05, 0) is 47.9 Å². The van der Waals surface area contributed by atoms with Crippen LogP contribution in [0.2, 0.25) is 0 Å². The fraction of sp³-hybridized carbons (Fsp3) is 0.400. The lowest BCUT2D eigenvalue weighted by molar-refractivity contribution is -0.114. The highest BCUT2D eigenvalue weighted by Gasteiger charge is 2.22. The molecule has 0 saturated carbocycles. The van der Waals surface area contributed by atoms with Gasteiger partial charge < -0.3 is 20.5 Å². The van der Waals surface area contributed by atoms with Gasteiger partial charge in [-0.2, -0.15) is 0 Å². The molecule has 0 aliphatic carbocycles. The topological polar surface area (TPSA) is 87.7 Å². The van der Waals surface area contributed by atoms with E-state index in [0.29, 0.717) is 16.5 Å². The van der Waals surface area contributed by atoms with Crippen molar-refractivity contribution in [1.29, 1.82) is 0 Å². The van der Waals surface area contributed by atoms with Crippen molar-refractivity contribution in [2.75, 3.05) is 23.8 Å². The van der Waals surface area contributed by atoms with Gasteiger partial charge in [0.05, 0.1) is 25.3 Å². The van der Waals surface area contributed by atoms with E-state index >= 15 is 0 Å². The molecule has 7 heteroatoms. The van der Waals surface area contributed by atoms with E-state index in [0.717, 1.165) is 23.2 Å². The Morgan fingerprint density at radius 3 is 2.74 bits per heavy atom. The molecule has 0 saturated heterocycles. The molecule has 146 valence electrons. The van der Waals surface area contributed by atoms with Gasteiger partial charge in [-0.15, -0.1) is 11.3 Å². The van der Waals surface area contributed by atoms with Crippen LogP contribution in [0.1, 0.15) is 42.3 Å². The molecule has 0 unspecified atom stereocenters. The summed E-state index contributed by atoms with van der Waals surface area (Å²) in [6, 6.07) is 7.21. The number of ether oxygens (including phenoxy) is 1. The van der Waals surface area contributed by atoms with Crippen molar-refractivity contribution in [3.05, 3.63) is 46.3 Å². The Morgan fingerprint density at radius 1 is 1.30 bits per heavy atom. The van der Waals surface area contributed by atoms with Gasteiger partial charge in [0.1, 0.15) is 5.00 Å². The zero-order valence-corrected chi connectivity index (χ0v) is 16.7. The molecule has 1 heterocycles. The lowest BCUT2D eigenvalue weighted by Gasteiger charge is -2.11. The summed E-state index contributed by atoms with van der Waals surface area (Å²) in [6.45, 7) is 6.19. The predicted molar refractivity (Wildman–Crippen MR) is 108 cm³/mol. The molecule has 6 nitrogen and oxygen atoms in total. The molecular weight excluding hydrogens is 364 g/mol. The lowest BCUT2D eigenvalue weighted by Crippen LogP contribution is -2.22. The second kappa shape index (κ2) is 10.1. The van der Waals surface area contributed by atoms with Crippen molar-refractivity contribution in [2.24, 2.45) is 5.92 Å². The van der Waals surface area contributed by atoms with Crippen LogP contribution in [-0.2, 0) is 22.6 Å². The number of carbonyl (C=O) groups excluding carboxylic acids is 2. The molecular formula is C20H26N2O4S. The Bertz CT molecular complexity index is 786. The van der Waals surface area contributed by atoms with Crippen LogP contribution in [-0.4, -0.2) is 30.1 Å². The quantitative estimate of drug-likeness (QED) is 0.569. The predicted octanol–water partition coefficient (Wildman–Crippen LogP) is 3.67. The first-order valence-corrected chi connectivity index (χ1v) is 9.83. The summed E-state index contributed by atoms with van der Waals surface area (Å²) in [5, 5.41) is 17.4. The summed E-state index contributed by atoms with van der Waals surface area (Å²) < 4.78 is 5.16. The molecule has 0 fully saturated rings. The number of amides is 1. The second-order valence-corrected chi connectivity index (χ2v) is 7.42. The number of aliphatic hydroxyl groups is 1. The van der Waals surface area contributed by atoms with Gasteiger partial charge in [0.2, 0.25) is 5.91 Å². The molecule has 0 bridgehead atoms. The second-order valence-electron chi connectivity index (χ2n) is 6.54. The Kier molecular flexibility index (Phi) is 7.82. The van der Waals surface area contributed by atoms with Gasteiger partial charge in [0.15, 0.2) is 0 Å². The smallest absolute Gasteiger partial charge is 0.341 e. The van der Waals surface area contributed by atoms with Gasteiger partial charge >= 0.3 is 5.97 Å². The molecule has 1 amide bonds. The highest BCUT2D eigenvalue weighted by molar-refractivity contribution is 7.15. The van der Waals surface area contributed by atoms with E-state index in [2.05, 4.69) is 24.5 Å². The monoisotopic (exact) mass is 390 g/mol. The third-order valence-electron chi connectivity index (χ3n) is 3.79. The minimum Gasteiger partial charge on any atom is -0.462 e. The Balaban J connectivity index is 2.07. The van der Waals surface area contributed by atoms with Gasteiger partial charge in [-0.1, -0.05) is 26.0 Å². The van der Waals surface area contributed by atoms with Crippen molar-refractivity contribution in [3.8, 4) is 0 Å². The molecule has 3 N–H and O–H groups in total. The summed E-state index contributed by atoms with van der Waals surface area (Å²) >= 11 is 1.33. The summed E-state index contributed by atoms with van der Waals surface area (Å²) in [4.78, 5) is 24.7. The van der Waals surface area contributed by atoms with Crippen molar-refractivity contribution >= 4 is 33.9 Å². The zero-order chi connectivity index (χ0) is 19.8. The lowest BCUT2D eigenvalue weighted by atomic mass is 10.0. The highest BCUT2D eigenvalue weighted by atomic mass is 32.1. The average molecular weight is 391 g/mol. The summed E-state index contributed by atoms with van der Waals surface area (Å²) in [7, 11) is 0. The van der Waals surface area contributed by atoms with Crippen molar-refractivity contribution in [1.82, 2.24) is 0 Å². The first kappa shape index (κ1) is 20.9. The van der Waals surface area contributed by atoms with E-state index in [4.69, 9.17) is 4.74 Å². The van der Waals surface area contributed by atoms with Crippen LogP contribution < -0.4 is 10.6 Å². The number of thiophene rings is 1. The van der Waals surface area contributed by atoms with Crippen molar-refractivity contribution in [2.45, 2.75) is 33.8 Å². The van der Waals surface area contributed by atoms with Crippen LogP contribution in [0.15, 0.2) is 29.6 Å². The van der Waals surface area contributed by atoms with Crippen molar-refractivity contribution < 1.29 is 19.4 Å². The van der Waals surface area contributed by atoms with Gasteiger partial charge in [0.25, 0.3) is 0 Å². The Labute approximate surface area is 163 Å². The molecule has 27 heavy (non-hydrogen) atoms. The fourth-order valence-electron chi connectivity index (χ4n) is 2.64. The SMILES string of the molecule is CCOC(=O)c1c(CC(C)C)csc1NC(=O)CNc1cccc(CO)c1. The molecule has 0 radical (unpaired) electrons. The van der Waals surface area contributed by atoms with Gasteiger partial charge in [-0.25, -0.2) is 4.79 Å². The first-order chi connectivity index (χ1) is 12.9. The number of hydrogen-bond donors (Lipinski definition) is 3. The van der Waals surface area contributed by atoms with Crippen LogP contribution in [0, 0.1) is 5.92 Å². The average Bonchev–Trinajstić information content (AvgIpc) is 3.01. The van der Waals surface area contributed by atoms with Crippen LogP contribution >= 0.6 is 11.3 Å². The number of aliphatic hydroxyl groups excluding tert-OH is 1. The van der Waals surface area contributed by atoms with Crippen LogP contribution in [0.5, 0.6) is 0 Å². The Morgan fingerprint density at radius 2 is 2.07 bits per heavy atom. The minimum absolute atomic E-state index is 0.0502. The number of esters is 1.